The van der Waals surface area contributed by atoms with E-state index in [1.54, 1.807) is 6.08 Å². The quantitative estimate of drug-likeness (QED) is 0.251. The molecule has 0 N–H and O–H groups in total. The molecule has 0 saturated heterocycles. The molecule has 0 aromatic rings. The first-order valence-electron chi connectivity index (χ1n) is 3.01. The predicted octanol–water partition coefficient (Wildman–Crippen LogP) is 0.695. The maximum atomic E-state index is 10.2. The number of rotatable bonds is 4. The highest BCUT2D eigenvalue weighted by atomic mass is 16.5. The van der Waals surface area contributed by atoms with Crippen molar-refractivity contribution in [3.8, 4) is 0 Å². The van der Waals surface area contributed by atoms with Crippen molar-refractivity contribution in [2.75, 3.05) is 6.61 Å². The fourth-order valence-corrected chi connectivity index (χ4v) is 0.422. The van der Waals surface area contributed by atoms with Crippen LogP contribution in [0.2, 0.25) is 0 Å². The van der Waals surface area contributed by atoms with Crippen LogP contribution >= 0.6 is 0 Å². The number of hydrogen-bond acceptors (Lipinski definition) is 3. The van der Waals surface area contributed by atoms with Crippen LogP contribution in [0.15, 0.2) is 12.2 Å². The molecule has 0 heterocycles. The van der Waals surface area contributed by atoms with Gasteiger partial charge >= 0.3 is 5.97 Å². The fraction of sp³-hybridized carbons (Fsp3) is 0.429. The van der Waals surface area contributed by atoms with Gasteiger partial charge in [0.25, 0.3) is 0 Å². The Bertz CT molecular complexity index is 138. The average molecular weight is 142 g/mol. The smallest absolute Gasteiger partial charge is 0.302 e. The second-order valence-corrected chi connectivity index (χ2v) is 1.69. The Morgan fingerprint density at radius 3 is 2.80 bits per heavy atom. The van der Waals surface area contributed by atoms with Crippen molar-refractivity contribution in [2.24, 2.45) is 0 Å². The SMILES string of the molecule is CC(=O)OCC/C=C/C=O. The van der Waals surface area contributed by atoms with Crippen LogP contribution in [-0.2, 0) is 14.3 Å². The van der Waals surface area contributed by atoms with Gasteiger partial charge in [-0.2, -0.15) is 0 Å². The number of aldehydes is 1. The first kappa shape index (κ1) is 8.88. The number of ether oxygens (including phenoxy) is 1. The van der Waals surface area contributed by atoms with Gasteiger partial charge in [0, 0.05) is 6.92 Å². The Hall–Kier alpha value is -1.12. The van der Waals surface area contributed by atoms with Gasteiger partial charge in [0.1, 0.15) is 6.29 Å². The Kier molecular flexibility index (Phi) is 5.33. The normalized spacial score (nSPS) is 9.70. The summed E-state index contributed by atoms with van der Waals surface area (Å²) in [7, 11) is 0. The monoisotopic (exact) mass is 142 g/mol. The minimum absolute atomic E-state index is 0.292. The molecule has 0 atom stereocenters. The molecule has 0 aromatic carbocycles. The highest BCUT2D eigenvalue weighted by Gasteiger charge is 1.87. The number of esters is 1. The van der Waals surface area contributed by atoms with Gasteiger partial charge < -0.3 is 4.74 Å². The minimum atomic E-state index is -0.292. The van der Waals surface area contributed by atoms with Gasteiger partial charge in [0.15, 0.2) is 0 Å². The van der Waals surface area contributed by atoms with E-state index in [9.17, 15) is 9.59 Å². The number of carbonyl (C=O) groups is 2. The van der Waals surface area contributed by atoms with Crippen molar-refractivity contribution in [1.29, 1.82) is 0 Å². The van der Waals surface area contributed by atoms with Crippen molar-refractivity contribution in [2.45, 2.75) is 13.3 Å². The Balaban J connectivity index is 3.12. The molecule has 0 unspecified atom stereocenters. The first-order chi connectivity index (χ1) is 4.77. The largest absolute Gasteiger partial charge is 0.466 e. The van der Waals surface area contributed by atoms with E-state index < -0.39 is 0 Å². The summed E-state index contributed by atoms with van der Waals surface area (Å²) in [6.07, 6.45) is 4.31. The summed E-state index contributed by atoms with van der Waals surface area (Å²) in [5, 5.41) is 0. The third-order valence-corrected chi connectivity index (χ3v) is 0.804. The molecule has 0 rings (SSSR count). The summed E-state index contributed by atoms with van der Waals surface area (Å²) in [5.74, 6) is -0.292. The molecular formula is C7H10O3. The topological polar surface area (TPSA) is 43.4 Å². The van der Waals surface area contributed by atoms with Crippen LogP contribution < -0.4 is 0 Å². The number of hydrogen-bond donors (Lipinski definition) is 0. The summed E-state index contributed by atoms with van der Waals surface area (Å²) >= 11 is 0. The van der Waals surface area contributed by atoms with Crippen LogP contribution in [0.5, 0.6) is 0 Å². The van der Waals surface area contributed by atoms with E-state index in [0.29, 0.717) is 19.3 Å². The maximum Gasteiger partial charge on any atom is 0.302 e. The molecule has 0 bridgehead atoms. The lowest BCUT2D eigenvalue weighted by Gasteiger charge is -1.95. The average Bonchev–Trinajstić information content (AvgIpc) is 1.87. The predicted molar refractivity (Wildman–Crippen MR) is 36.5 cm³/mol. The Morgan fingerprint density at radius 2 is 2.30 bits per heavy atom. The highest BCUT2D eigenvalue weighted by Crippen LogP contribution is 1.84. The lowest BCUT2D eigenvalue weighted by atomic mass is 10.4. The van der Waals surface area contributed by atoms with E-state index in [-0.39, 0.29) is 5.97 Å². The van der Waals surface area contributed by atoms with E-state index in [0.717, 1.165) is 0 Å². The molecule has 3 nitrogen and oxygen atoms in total. The van der Waals surface area contributed by atoms with Crippen LogP contribution in [0.4, 0.5) is 0 Å². The zero-order valence-corrected chi connectivity index (χ0v) is 5.87. The second-order valence-electron chi connectivity index (χ2n) is 1.69. The zero-order valence-electron chi connectivity index (χ0n) is 5.87. The number of allylic oxidation sites excluding steroid dienone is 1. The van der Waals surface area contributed by atoms with Crippen LogP contribution in [-0.4, -0.2) is 18.9 Å². The van der Waals surface area contributed by atoms with Gasteiger partial charge in [-0.25, -0.2) is 0 Å². The van der Waals surface area contributed by atoms with E-state index in [1.807, 2.05) is 0 Å². The Labute approximate surface area is 59.7 Å². The summed E-state index contributed by atoms with van der Waals surface area (Å²) in [4.78, 5) is 19.9. The maximum absolute atomic E-state index is 10.2. The third kappa shape index (κ3) is 6.88. The van der Waals surface area contributed by atoms with Crippen molar-refractivity contribution >= 4 is 12.3 Å². The summed E-state index contributed by atoms with van der Waals surface area (Å²) in [5.41, 5.74) is 0. The van der Waals surface area contributed by atoms with Crippen molar-refractivity contribution in [3.05, 3.63) is 12.2 Å². The first-order valence-corrected chi connectivity index (χ1v) is 3.01. The molecule has 0 saturated carbocycles. The van der Waals surface area contributed by atoms with Crippen LogP contribution in [0.3, 0.4) is 0 Å². The molecule has 0 aliphatic rings. The van der Waals surface area contributed by atoms with E-state index in [2.05, 4.69) is 4.74 Å². The molecule has 0 amide bonds. The van der Waals surface area contributed by atoms with E-state index >= 15 is 0 Å². The van der Waals surface area contributed by atoms with E-state index in [4.69, 9.17) is 0 Å². The van der Waals surface area contributed by atoms with Gasteiger partial charge in [-0.05, 0) is 12.5 Å². The molecule has 0 aliphatic heterocycles. The molecule has 0 spiro atoms. The second kappa shape index (κ2) is 6.01. The van der Waals surface area contributed by atoms with Gasteiger partial charge in [0.2, 0.25) is 0 Å². The molecule has 3 heteroatoms. The molecule has 0 aromatic heterocycles. The molecule has 56 valence electrons. The summed E-state index contributed by atoms with van der Waals surface area (Å²) in [6, 6.07) is 0. The minimum Gasteiger partial charge on any atom is -0.466 e. The standard InChI is InChI=1S/C7H10O3/c1-7(9)10-6-4-2-3-5-8/h2-3,5H,4,6H2,1H3/b3-2+. The van der Waals surface area contributed by atoms with Crippen LogP contribution in [0.1, 0.15) is 13.3 Å². The number of carbonyl (C=O) groups excluding carboxylic acids is 2. The molecule has 0 fully saturated rings. The summed E-state index contributed by atoms with van der Waals surface area (Å²) in [6.45, 7) is 1.70. The van der Waals surface area contributed by atoms with Gasteiger partial charge in [-0.15, -0.1) is 0 Å². The third-order valence-electron chi connectivity index (χ3n) is 0.804. The van der Waals surface area contributed by atoms with Crippen LogP contribution in [0.25, 0.3) is 0 Å². The Morgan fingerprint density at radius 1 is 1.60 bits per heavy atom. The van der Waals surface area contributed by atoms with Crippen molar-refractivity contribution < 1.29 is 14.3 Å². The molecule has 0 aliphatic carbocycles. The van der Waals surface area contributed by atoms with Crippen molar-refractivity contribution in [1.82, 2.24) is 0 Å². The van der Waals surface area contributed by atoms with Crippen molar-refractivity contribution in [3.63, 3.8) is 0 Å². The van der Waals surface area contributed by atoms with Gasteiger partial charge in [-0.3, -0.25) is 9.59 Å². The molecule has 0 radical (unpaired) electrons. The van der Waals surface area contributed by atoms with Crippen LogP contribution in [0, 0.1) is 0 Å². The lowest BCUT2D eigenvalue weighted by molar-refractivity contribution is -0.140. The van der Waals surface area contributed by atoms with E-state index in [1.165, 1.54) is 13.0 Å². The summed E-state index contributed by atoms with van der Waals surface area (Å²) < 4.78 is 4.58. The lowest BCUT2D eigenvalue weighted by Crippen LogP contribution is -1.98. The molecular weight excluding hydrogens is 132 g/mol. The zero-order chi connectivity index (χ0) is 7.82. The highest BCUT2D eigenvalue weighted by molar-refractivity contribution is 5.66. The fourth-order valence-electron chi connectivity index (χ4n) is 0.422. The van der Waals surface area contributed by atoms with Gasteiger partial charge in [0.05, 0.1) is 6.61 Å². The molecule has 10 heavy (non-hydrogen) atoms. The van der Waals surface area contributed by atoms with Gasteiger partial charge in [-0.1, -0.05) is 6.08 Å².